The normalized spacial score (nSPS) is 34.1. The lowest BCUT2D eigenvalue weighted by Crippen LogP contribution is -2.26. The largest absolute Gasteiger partial charge is 0.391 e. The predicted molar refractivity (Wildman–Crippen MR) is 41.5 cm³/mol. The van der Waals surface area contributed by atoms with E-state index in [4.69, 9.17) is 14.6 Å². The van der Waals surface area contributed by atoms with Crippen molar-refractivity contribution in [2.24, 2.45) is 0 Å². The molecule has 1 N–H and O–H groups in total. The van der Waals surface area contributed by atoms with Crippen molar-refractivity contribution in [3.8, 4) is 0 Å². The average molecular weight is 160 g/mol. The Labute approximate surface area is 67.3 Å². The Bertz CT molecular complexity index is 112. The Kier molecular flexibility index (Phi) is 3.30. The first-order valence-electron chi connectivity index (χ1n) is 4.10. The summed E-state index contributed by atoms with van der Waals surface area (Å²) in [6, 6.07) is 0. The van der Waals surface area contributed by atoms with Crippen LogP contribution in [0.2, 0.25) is 0 Å². The second-order valence-electron chi connectivity index (χ2n) is 2.94. The van der Waals surface area contributed by atoms with Gasteiger partial charge in [0.05, 0.1) is 24.9 Å². The summed E-state index contributed by atoms with van der Waals surface area (Å²) in [7, 11) is 1.68. The van der Waals surface area contributed by atoms with Gasteiger partial charge >= 0.3 is 0 Å². The molecule has 3 heteroatoms. The third kappa shape index (κ3) is 2.15. The van der Waals surface area contributed by atoms with Crippen molar-refractivity contribution in [2.45, 2.75) is 38.1 Å². The van der Waals surface area contributed by atoms with Crippen molar-refractivity contribution in [3.05, 3.63) is 0 Å². The molecule has 0 spiro atoms. The van der Waals surface area contributed by atoms with E-state index in [0.717, 1.165) is 6.42 Å². The van der Waals surface area contributed by atoms with Crippen molar-refractivity contribution >= 4 is 0 Å². The van der Waals surface area contributed by atoms with Crippen molar-refractivity contribution in [1.29, 1.82) is 0 Å². The van der Waals surface area contributed by atoms with Crippen LogP contribution in [0.5, 0.6) is 0 Å². The van der Waals surface area contributed by atoms with Gasteiger partial charge in [0.15, 0.2) is 0 Å². The van der Waals surface area contributed by atoms with Crippen LogP contribution >= 0.6 is 0 Å². The summed E-state index contributed by atoms with van der Waals surface area (Å²) in [6.07, 6.45) is 1.61. The highest BCUT2D eigenvalue weighted by atomic mass is 16.5. The van der Waals surface area contributed by atoms with Crippen LogP contribution in [0.25, 0.3) is 0 Å². The molecule has 1 fully saturated rings. The molecular weight excluding hydrogens is 144 g/mol. The lowest BCUT2D eigenvalue weighted by Gasteiger charge is -2.19. The van der Waals surface area contributed by atoms with Crippen LogP contribution in [0.1, 0.15) is 19.8 Å². The van der Waals surface area contributed by atoms with Crippen molar-refractivity contribution in [1.82, 2.24) is 0 Å². The molecule has 1 aliphatic heterocycles. The van der Waals surface area contributed by atoms with E-state index in [0.29, 0.717) is 13.0 Å². The Morgan fingerprint density at radius 1 is 1.73 bits per heavy atom. The third-order valence-corrected chi connectivity index (χ3v) is 2.13. The molecule has 1 saturated heterocycles. The molecule has 0 aromatic heterocycles. The van der Waals surface area contributed by atoms with E-state index in [1.807, 2.05) is 0 Å². The van der Waals surface area contributed by atoms with Gasteiger partial charge in [-0.1, -0.05) is 6.92 Å². The molecule has 1 aliphatic rings. The van der Waals surface area contributed by atoms with E-state index in [-0.39, 0.29) is 18.3 Å². The lowest BCUT2D eigenvalue weighted by atomic mass is 10.1. The summed E-state index contributed by atoms with van der Waals surface area (Å²) < 4.78 is 10.5. The fourth-order valence-electron chi connectivity index (χ4n) is 1.48. The molecule has 0 aliphatic carbocycles. The zero-order valence-electron chi connectivity index (χ0n) is 7.12. The number of ether oxygens (including phenoxy) is 2. The zero-order valence-corrected chi connectivity index (χ0v) is 7.12. The second-order valence-corrected chi connectivity index (χ2v) is 2.94. The van der Waals surface area contributed by atoms with E-state index < -0.39 is 0 Å². The lowest BCUT2D eigenvalue weighted by molar-refractivity contribution is -0.0289. The van der Waals surface area contributed by atoms with Crippen LogP contribution in [0, 0.1) is 0 Å². The van der Waals surface area contributed by atoms with Crippen LogP contribution in [-0.2, 0) is 9.47 Å². The summed E-state index contributed by atoms with van der Waals surface area (Å²) in [5, 5.41) is 9.16. The van der Waals surface area contributed by atoms with Crippen molar-refractivity contribution < 1.29 is 14.6 Å². The Morgan fingerprint density at radius 3 is 2.82 bits per heavy atom. The quantitative estimate of drug-likeness (QED) is 0.655. The molecular formula is C8H16O3. The van der Waals surface area contributed by atoms with Gasteiger partial charge in [0.25, 0.3) is 0 Å². The number of methoxy groups -OCH3 is 1. The number of rotatable bonds is 3. The maximum absolute atomic E-state index is 9.16. The van der Waals surface area contributed by atoms with Gasteiger partial charge in [-0.3, -0.25) is 0 Å². The van der Waals surface area contributed by atoms with E-state index in [2.05, 4.69) is 6.92 Å². The number of hydrogen-bond donors (Lipinski definition) is 1. The van der Waals surface area contributed by atoms with Gasteiger partial charge in [0.1, 0.15) is 0 Å². The highest BCUT2D eigenvalue weighted by molar-refractivity contribution is 4.78. The molecule has 1 rings (SSSR count). The molecule has 0 bridgehead atoms. The maximum atomic E-state index is 9.16. The molecule has 0 radical (unpaired) electrons. The van der Waals surface area contributed by atoms with E-state index in [9.17, 15) is 0 Å². The smallest absolute Gasteiger partial charge is 0.0863 e. The summed E-state index contributed by atoms with van der Waals surface area (Å²) in [4.78, 5) is 0. The fraction of sp³-hybridized carbons (Fsp3) is 1.00. The first kappa shape index (κ1) is 8.97. The van der Waals surface area contributed by atoms with Crippen LogP contribution in [0.15, 0.2) is 0 Å². The van der Waals surface area contributed by atoms with Crippen LogP contribution in [0.3, 0.4) is 0 Å². The molecule has 0 aromatic carbocycles. The Balaban J connectivity index is 2.34. The minimum atomic E-state index is -0.288. The van der Waals surface area contributed by atoms with Gasteiger partial charge in [-0.15, -0.1) is 0 Å². The molecule has 0 amide bonds. The molecule has 3 atom stereocenters. The average Bonchev–Trinajstić information content (AvgIpc) is 2.39. The fourth-order valence-corrected chi connectivity index (χ4v) is 1.48. The minimum Gasteiger partial charge on any atom is -0.391 e. The SMILES string of the molecule is CCC(OC)C1CC(O)CO1. The number of aliphatic hydroxyl groups excluding tert-OH is 1. The molecule has 3 unspecified atom stereocenters. The second kappa shape index (κ2) is 4.04. The van der Waals surface area contributed by atoms with Gasteiger partial charge in [0.2, 0.25) is 0 Å². The van der Waals surface area contributed by atoms with Crippen LogP contribution in [0.4, 0.5) is 0 Å². The van der Waals surface area contributed by atoms with Gasteiger partial charge in [-0.25, -0.2) is 0 Å². The standard InChI is InChI=1S/C8H16O3/c1-3-7(10-2)8-4-6(9)5-11-8/h6-9H,3-5H2,1-2H3. The Morgan fingerprint density at radius 2 is 2.45 bits per heavy atom. The molecule has 0 saturated carbocycles. The molecule has 66 valence electrons. The monoisotopic (exact) mass is 160 g/mol. The summed E-state index contributed by atoms with van der Waals surface area (Å²) in [5.74, 6) is 0. The summed E-state index contributed by atoms with van der Waals surface area (Å²) in [6.45, 7) is 2.52. The summed E-state index contributed by atoms with van der Waals surface area (Å²) >= 11 is 0. The highest BCUT2D eigenvalue weighted by Crippen LogP contribution is 2.19. The minimum absolute atomic E-state index is 0.0972. The first-order chi connectivity index (χ1) is 5.27. The topological polar surface area (TPSA) is 38.7 Å². The first-order valence-corrected chi connectivity index (χ1v) is 4.10. The third-order valence-electron chi connectivity index (χ3n) is 2.13. The molecule has 1 heterocycles. The Hall–Kier alpha value is -0.120. The van der Waals surface area contributed by atoms with Crippen molar-refractivity contribution in [2.75, 3.05) is 13.7 Å². The summed E-state index contributed by atoms with van der Waals surface area (Å²) in [5.41, 5.74) is 0. The molecule has 3 nitrogen and oxygen atoms in total. The number of aliphatic hydroxyl groups is 1. The predicted octanol–water partition coefficient (Wildman–Crippen LogP) is 0.561. The van der Waals surface area contributed by atoms with Gasteiger partial charge in [0, 0.05) is 13.5 Å². The van der Waals surface area contributed by atoms with E-state index in [1.165, 1.54) is 0 Å². The van der Waals surface area contributed by atoms with Crippen molar-refractivity contribution in [3.63, 3.8) is 0 Å². The van der Waals surface area contributed by atoms with Gasteiger partial charge < -0.3 is 14.6 Å². The van der Waals surface area contributed by atoms with Gasteiger partial charge in [-0.2, -0.15) is 0 Å². The van der Waals surface area contributed by atoms with Gasteiger partial charge in [-0.05, 0) is 6.42 Å². The van der Waals surface area contributed by atoms with Crippen LogP contribution < -0.4 is 0 Å². The zero-order chi connectivity index (χ0) is 8.27. The highest BCUT2D eigenvalue weighted by Gasteiger charge is 2.29. The van der Waals surface area contributed by atoms with E-state index >= 15 is 0 Å². The molecule has 11 heavy (non-hydrogen) atoms. The number of hydrogen-bond acceptors (Lipinski definition) is 3. The van der Waals surface area contributed by atoms with E-state index in [1.54, 1.807) is 7.11 Å². The molecule has 0 aromatic rings. The maximum Gasteiger partial charge on any atom is 0.0863 e. The van der Waals surface area contributed by atoms with Crippen LogP contribution in [-0.4, -0.2) is 37.1 Å².